The Morgan fingerprint density at radius 1 is 1.47 bits per heavy atom. The van der Waals surface area contributed by atoms with Crippen molar-refractivity contribution in [3.8, 4) is 5.75 Å². The van der Waals surface area contributed by atoms with Gasteiger partial charge in [0.05, 0.1) is 6.61 Å². The van der Waals surface area contributed by atoms with Crippen LogP contribution in [0.1, 0.15) is 36.1 Å². The number of hydrogen-bond acceptors (Lipinski definition) is 4. The number of phenolic OH excluding ortho intramolecular Hbond substituents is 1. The monoisotopic (exact) mass is 236 g/mol. The molecule has 0 aromatic heterocycles. The molecular formula is C13H16O4. The average molecular weight is 236 g/mol. The second kappa shape index (κ2) is 4.75. The van der Waals surface area contributed by atoms with Crippen LogP contribution in [0.2, 0.25) is 0 Å². The number of fused-ring (bicyclic) bond motifs is 1. The molecule has 0 aliphatic heterocycles. The molecule has 4 nitrogen and oxygen atoms in total. The van der Waals surface area contributed by atoms with Crippen molar-refractivity contribution < 1.29 is 19.7 Å². The number of aromatic hydroxyl groups is 1. The van der Waals surface area contributed by atoms with Crippen molar-refractivity contribution >= 4 is 5.97 Å². The van der Waals surface area contributed by atoms with Crippen LogP contribution in [0.5, 0.6) is 5.75 Å². The third-order valence-electron chi connectivity index (χ3n) is 3.09. The lowest BCUT2D eigenvalue weighted by molar-refractivity contribution is -0.153. The van der Waals surface area contributed by atoms with Gasteiger partial charge in [0.15, 0.2) is 6.10 Å². The number of ether oxygens (including phenoxy) is 1. The number of carbonyl (C=O) groups is 1. The van der Waals surface area contributed by atoms with Crippen molar-refractivity contribution in [3.63, 3.8) is 0 Å². The molecule has 1 atom stereocenters. The van der Waals surface area contributed by atoms with Gasteiger partial charge in [0.2, 0.25) is 0 Å². The molecule has 1 unspecified atom stereocenters. The lowest BCUT2D eigenvalue weighted by Gasteiger charge is -2.15. The Kier molecular flexibility index (Phi) is 3.33. The summed E-state index contributed by atoms with van der Waals surface area (Å²) in [5, 5.41) is 19.7. The highest BCUT2D eigenvalue weighted by Crippen LogP contribution is 2.35. The van der Waals surface area contributed by atoms with Gasteiger partial charge in [-0.1, -0.05) is 6.07 Å². The molecule has 0 radical (unpaired) electrons. The predicted octanol–water partition coefficient (Wildman–Crippen LogP) is 1.48. The molecule has 1 aromatic rings. The molecule has 2 N–H and O–H groups in total. The number of aliphatic hydroxyl groups excluding tert-OH is 1. The van der Waals surface area contributed by atoms with E-state index in [2.05, 4.69) is 0 Å². The third-order valence-corrected chi connectivity index (χ3v) is 3.09. The second-order valence-electron chi connectivity index (χ2n) is 4.14. The Balaban J connectivity index is 2.38. The molecule has 0 spiro atoms. The predicted molar refractivity (Wildman–Crippen MR) is 61.7 cm³/mol. The van der Waals surface area contributed by atoms with E-state index in [4.69, 9.17) is 4.74 Å². The van der Waals surface area contributed by atoms with Gasteiger partial charge in [-0.05, 0) is 43.4 Å². The first-order valence-corrected chi connectivity index (χ1v) is 5.83. The molecule has 0 fully saturated rings. The molecular weight excluding hydrogens is 220 g/mol. The topological polar surface area (TPSA) is 66.8 Å². The fourth-order valence-corrected chi connectivity index (χ4v) is 2.33. The maximum absolute atomic E-state index is 11.5. The van der Waals surface area contributed by atoms with Crippen LogP contribution in [0.25, 0.3) is 0 Å². The summed E-state index contributed by atoms with van der Waals surface area (Å²) in [6, 6.07) is 3.38. The van der Waals surface area contributed by atoms with Gasteiger partial charge in [0, 0.05) is 5.56 Å². The van der Waals surface area contributed by atoms with Gasteiger partial charge in [0.25, 0.3) is 0 Å². The van der Waals surface area contributed by atoms with Crippen LogP contribution in [-0.2, 0) is 22.4 Å². The number of phenols is 1. The summed E-state index contributed by atoms with van der Waals surface area (Å²) in [7, 11) is 0. The minimum Gasteiger partial charge on any atom is -0.508 e. The largest absolute Gasteiger partial charge is 0.508 e. The van der Waals surface area contributed by atoms with Crippen molar-refractivity contribution in [3.05, 3.63) is 28.8 Å². The Morgan fingerprint density at radius 2 is 2.24 bits per heavy atom. The molecule has 4 heteroatoms. The quantitative estimate of drug-likeness (QED) is 0.780. The SMILES string of the molecule is CCOC(=O)C(O)c1c(O)ccc2c1CCC2. The normalized spacial score (nSPS) is 15.4. The van der Waals surface area contributed by atoms with E-state index in [-0.39, 0.29) is 12.4 Å². The zero-order valence-electron chi connectivity index (χ0n) is 9.77. The van der Waals surface area contributed by atoms with Gasteiger partial charge in [-0.15, -0.1) is 0 Å². The third kappa shape index (κ3) is 2.13. The van der Waals surface area contributed by atoms with E-state index in [1.165, 1.54) is 6.07 Å². The summed E-state index contributed by atoms with van der Waals surface area (Å²) in [5.41, 5.74) is 2.31. The molecule has 0 amide bonds. The molecule has 0 heterocycles. The van der Waals surface area contributed by atoms with E-state index in [1.54, 1.807) is 6.92 Å². The summed E-state index contributed by atoms with van der Waals surface area (Å²) in [4.78, 5) is 11.5. The summed E-state index contributed by atoms with van der Waals surface area (Å²) in [5.74, 6) is -0.741. The second-order valence-corrected chi connectivity index (χ2v) is 4.14. The van der Waals surface area contributed by atoms with Gasteiger partial charge >= 0.3 is 5.97 Å². The van der Waals surface area contributed by atoms with E-state index >= 15 is 0 Å². The summed E-state index contributed by atoms with van der Waals surface area (Å²) in [6.45, 7) is 1.89. The molecule has 0 saturated carbocycles. The first-order chi connectivity index (χ1) is 8.15. The van der Waals surface area contributed by atoms with Gasteiger partial charge < -0.3 is 14.9 Å². The zero-order chi connectivity index (χ0) is 12.4. The summed E-state index contributed by atoms with van der Waals surface area (Å²) >= 11 is 0. The lowest BCUT2D eigenvalue weighted by atomic mass is 9.98. The molecule has 2 rings (SSSR count). The Hall–Kier alpha value is -1.55. The molecule has 1 aliphatic carbocycles. The van der Waals surface area contributed by atoms with Crippen LogP contribution in [0.3, 0.4) is 0 Å². The lowest BCUT2D eigenvalue weighted by Crippen LogP contribution is -2.17. The van der Waals surface area contributed by atoms with Crippen molar-refractivity contribution in [2.45, 2.75) is 32.3 Å². The fraction of sp³-hybridized carbons (Fsp3) is 0.462. The molecule has 0 bridgehead atoms. The highest BCUT2D eigenvalue weighted by atomic mass is 16.5. The van der Waals surface area contributed by atoms with Crippen LogP contribution < -0.4 is 0 Å². The van der Waals surface area contributed by atoms with E-state index in [0.717, 1.165) is 30.4 Å². The van der Waals surface area contributed by atoms with Gasteiger partial charge in [-0.25, -0.2) is 4.79 Å². The highest BCUT2D eigenvalue weighted by molar-refractivity contribution is 5.78. The minimum absolute atomic E-state index is 0.0359. The molecule has 0 saturated heterocycles. The van der Waals surface area contributed by atoms with Crippen LogP contribution in [0.15, 0.2) is 12.1 Å². The maximum Gasteiger partial charge on any atom is 0.339 e. The number of rotatable bonds is 3. The first-order valence-electron chi connectivity index (χ1n) is 5.83. The van der Waals surface area contributed by atoms with E-state index in [0.29, 0.717) is 5.56 Å². The van der Waals surface area contributed by atoms with Gasteiger partial charge in [-0.3, -0.25) is 0 Å². The van der Waals surface area contributed by atoms with Crippen molar-refractivity contribution in [1.82, 2.24) is 0 Å². The number of esters is 1. The Morgan fingerprint density at radius 3 is 2.94 bits per heavy atom. The Labute approximate surface area is 99.8 Å². The van der Waals surface area contributed by atoms with Gasteiger partial charge in [0.1, 0.15) is 5.75 Å². The number of aryl methyl sites for hydroxylation is 1. The molecule has 17 heavy (non-hydrogen) atoms. The van der Waals surface area contributed by atoms with E-state index < -0.39 is 12.1 Å². The fourth-order valence-electron chi connectivity index (χ4n) is 2.33. The molecule has 1 aromatic carbocycles. The van der Waals surface area contributed by atoms with Crippen LogP contribution in [0.4, 0.5) is 0 Å². The zero-order valence-corrected chi connectivity index (χ0v) is 9.77. The summed E-state index contributed by atoms with van der Waals surface area (Å²) in [6.07, 6.45) is 1.32. The van der Waals surface area contributed by atoms with E-state index in [9.17, 15) is 15.0 Å². The van der Waals surface area contributed by atoms with Crippen LogP contribution >= 0.6 is 0 Å². The smallest absolute Gasteiger partial charge is 0.339 e. The van der Waals surface area contributed by atoms with Gasteiger partial charge in [-0.2, -0.15) is 0 Å². The minimum atomic E-state index is -1.39. The Bertz CT molecular complexity index is 439. The van der Waals surface area contributed by atoms with Crippen LogP contribution in [-0.4, -0.2) is 22.8 Å². The molecule has 92 valence electrons. The summed E-state index contributed by atoms with van der Waals surface area (Å²) < 4.78 is 4.77. The van der Waals surface area contributed by atoms with E-state index in [1.807, 2.05) is 6.07 Å². The standard InChI is InChI=1S/C13H16O4/c1-2-17-13(16)12(15)11-9-5-3-4-8(9)6-7-10(11)14/h6-7,12,14-15H,2-5H2,1H3. The van der Waals surface area contributed by atoms with Crippen molar-refractivity contribution in [2.24, 2.45) is 0 Å². The number of benzene rings is 1. The highest BCUT2D eigenvalue weighted by Gasteiger charge is 2.28. The first kappa shape index (κ1) is 11.9. The van der Waals surface area contributed by atoms with Crippen molar-refractivity contribution in [1.29, 1.82) is 0 Å². The van der Waals surface area contributed by atoms with Crippen LogP contribution in [0, 0.1) is 0 Å². The van der Waals surface area contributed by atoms with Crippen molar-refractivity contribution in [2.75, 3.05) is 6.61 Å². The number of carbonyl (C=O) groups excluding carboxylic acids is 1. The average Bonchev–Trinajstić information content (AvgIpc) is 2.76. The maximum atomic E-state index is 11.5. The number of hydrogen-bond donors (Lipinski definition) is 2. The molecule has 1 aliphatic rings. The number of aliphatic hydroxyl groups is 1.